The average molecular weight is 617 g/mol. The molecule has 0 saturated heterocycles. The number of sulfonamides is 1. The molecule has 0 radical (unpaired) electrons. The number of nitrogens with one attached hydrogen (secondary N) is 1. The monoisotopic (exact) mass is 616 g/mol. The molecule has 45 heavy (non-hydrogen) atoms. The predicted octanol–water partition coefficient (Wildman–Crippen LogP) is 7.72. The van der Waals surface area contributed by atoms with E-state index in [1.807, 2.05) is 91.0 Å². The molecule has 1 aliphatic carbocycles. The predicted molar refractivity (Wildman–Crippen MR) is 177 cm³/mol. The lowest BCUT2D eigenvalue weighted by Gasteiger charge is -2.23. The molecule has 1 amide bonds. The first-order chi connectivity index (χ1) is 22.0. The Bertz CT molecular complexity index is 1810. The molecule has 1 N–H and O–H groups in total. The molecule has 5 aromatic rings. The molecule has 1 fully saturated rings. The van der Waals surface area contributed by atoms with Crippen LogP contribution in [0.25, 0.3) is 22.3 Å². The minimum atomic E-state index is -3.82. The van der Waals surface area contributed by atoms with Crippen LogP contribution in [0.1, 0.15) is 43.2 Å². The standard InChI is InChI=1S/C37H36N4O3S/c42-37(33-11-5-2-6-12-33)40-36-22-19-34(25-39-36)32-15-13-28(14-16-32)26-41(27-29-8-7-23-38-24-29)45(43,44)35-20-17-31(18-21-35)30-9-3-1-4-10-30/h1,3-4,7-10,13-25,33H,2,5-6,11-12,26-27H2,(H,39,40,42). The smallest absolute Gasteiger partial charge is 0.243 e. The van der Waals surface area contributed by atoms with Crippen molar-refractivity contribution in [3.8, 4) is 22.3 Å². The Balaban J connectivity index is 1.18. The van der Waals surface area contributed by atoms with Gasteiger partial charge in [-0.2, -0.15) is 4.31 Å². The van der Waals surface area contributed by atoms with Gasteiger partial charge in [0.15, 0.2) is 0 Å². The van der Waals surface area contributed by atoms with E-state index in [-0.39, 0.29) is 29.8 Å². The minimum Gasteiger partial charge on any atom is -0.310 e. The van der Waals surface area contributed by atoms with Crippen LogP contribution in [-0.4, -0.2) is 28.6 Å². The quantitative estimate of drug-likeness (QED) is 0.173. The molecular formula is C37H36N4O3S. The van der Waals surface area contributed by atoms with Gasteiger partial charge in [-0.25, -0.2) is 13.4 Å². The van der Waals surface area contributed by atoms with Crippen molar-refractivity contribution < 1.29 is 13.2 Å². The van der Waals surface area contributed by atoms with Gasteiger partial charge in [-0.05, 0) is 71.0 Å². The van der Waals surface area contributed by atoms with Crippen molar-refractivity contribution >= 4 is 21.7 Å². The number of amides is 1. The van der Waals surface area contributed by atoms with Crippen LogP contribution in [0.3, 0.4) is 0 Å². The zero-order valence-corrected chi connectivity index (χ0v) is 25.9. The summed E-state index contributed by atoms with van der Waals surface area (Å²) in [5.74, 6) is 0.680. The second kappa shape index (κ2) is 14.0. The maximum Gasteiger partial charge on any atom is 0.243 e. The van der Waals surface area contributed by atoms with Gasteiger partial charge in [0, 0.05) is 43.2 Å². The van der Waals surface area contributed by atoms with Gasteiger partial charge in [-0.15, -0.1) is 0 Å². The number of benzene rings is 3. The van der Waals surface area contributed by atoms with Gasteiger partial charge in [0.25, 0.3) is 0 Å². The molecule has 8 heteroatoms. The number of carbonyl (C=O) groups excluding carboxylic acids is 1. The summed E-state index contributed by atoms with van der Waals surface area (Å²) in [6.07, 6.45) is 10.4. The number of anilines is 1. The molecule has 3 aromatic carbocycles. The van der Waals surface area contributed by atoms with Crippen LogP contribution in [0.4, 0.5) is 5.82 Å². The average Bonchev–Trinajstić information content (AvgIpc) is 3.10. The normalized spacial score (nSPS) is 13.9. The lowest BCUT2D eigenvalue weighted by Crippen LogP contribution is -2.30. The number of nitrogens with zero attached hydrogens (tertiary/aromatic N) is 3. The van der Waals surface area contributed by atoms with Crippen molar-refractivity contribution in [1.29, 1.82) is 0 Å². The van der Waals surface area contributed by atoms with Crippen molar-refractivity contribution in [3.05, 3.63) is 133 Å². The fourth-order valence-electron chi connectivity index (χ4n) is 5.76. The Morgan fingerprint density at radius 2 is 1.33 bits per heavy atom. The molecule has 0 spiro atoms. The summed E-state index contributed by atoms with van der Waals surface area (Å²) in [5, 5.41) is 2.96. The lowest BCUT2D eigenvalue weighted by molar-refractivity contribution is -0.120. The highest BCUT2D eigenvalue weighted by molar-refractivity contribution is 7.89. The molecule has 2 aromatic heterocycles. The number of rotatable bonds is 10. The summed E-state index contributed by atoms with van der Waals surface area (Å²) in [6, 6.07) is 32.2. The van der Waals surface area contributed by atoms with Gasteiger partial charge in [-0.1, -0.05) is 92.1 Å². The molecule has 0 bridgehead atoms. The highest BCUT2D eigenvalue weighted by Gasteiger charge is 2.25. The second-order valence-electron chi connectivity index (χ2n) is 11.5. The molecule has 228 valence electrons. The van der Waals surface area contributed by atoms with Crippen LogP contribution < -0.4 is 5.32 Å². The largest absolute Gasteiger partial charge is 0.310 e. The van der Waals surface area contributed by atoms with E-state index in [0.29, 0.717) is 5.82 Å². The Hall–Kier alpha value is -4.66. The SMILES string of the molecule is O=C(Nc1ccc(-c2ccc(CN(Cc3cccnc3)S(=O)(=O)c3ccc(-c4ccccc4)cc3)cc2)cn1)C1CCCCC1. The highest BCUT2D eigenvalue weighted by atomic mass is 32.2. The van der Waals surface area contributed by atoms with Gasteiger partial charge in [0.1, 0.15) is 5.82 Å². The summed E-state index contributed by atoms with van der Waals surface area (Å²) in [7, 11) is -3.82. The zero-order chi connectivity index (χ0) is 31.1. The Morgan fingerprint density at radius 1 is 0.689 bits per heavy atom. The third-order valence-corrected chi connectivity index (χ3v) is 10.1. The number of pyridine rings is 2. The summed E-state index contributed by atoms with van der Waals surface area (Å²) in [6.45, 7) is 0.388. The third kappa shape index (κ3) is 7.53. The summed E-state index contributed by atoms with van der Waals surface area (Å²) in [5.41, 5.74) is 5.52. The Kier molecular flexibility index (Phi) is 9.43. The lowest BCUT2D eigenvalue weighted by atomic mass is 9.89. The van der Waals surface area contributed by atoms with Crippen LogP contribution in [0, 0.1) is 5.92 Å². The molecule has 6 rings (SSSR count). The van der Waals surface area contributed by atoms with Crippen LogP contribution in [0.5, 0.6) is 0 Å². The van der Waals surface area contributed by atoms with E-state index in [9.17, 15) is 13.2 Å². The van der Waals surface area contributed by atoms with Crippen LogP contribution in [0.2, 0.25) is 0 Å². The Morgan fingerprint density at radius 3 is 2.00 bits per heavy atom. The van der Waals surface area contributed by atoms with Gasteiger partial charge in [-0.3, -0.25) is 9.78 Å². The number of hydrogen-bond donors (Lipinski definition) is 1. The molecular weight excluding hydrogens is 580 g/mol. The molecule has 0 aliphatic heterocycles. The first-order valence-electron chi connectivity index (χ1n) is 15.4. The van der Waals surface area contributed by atoms with Gasteiger partial charge in [0.05, 0.1) is 4.90 Å². The molecule has 7 nitrogen and oxygen atoms in total. The zero-order valence-electron chi connectivity index (χ0n) is 25.0. The van der Waals surface area contributed by atoms with E-state index >= 15 is 0 Å². The van der Waals surface area contributed by atoms with Crippen LogP contribution >= 0.6 is 0 Å². The molecule has 1 saturated carbocycles. The topological polar surface area (TPSA) is 92.3 Å². The fourth-order valence-corrected chi connectivity index (χ4v) is 7.17. The molecule has 0 atom stereocenters. The van der Waals surface area contributed by atoms with Crippen molar-refractivity contribution in [2.45, 2.75) is 50.1 Å². The Labute approximate surface area is 265 Å². The van der Waals surface area contributed by atoms with Crippen LogP contribution in [0.15, 0.2) is 127 Å². The molecule has 0 unspecified atom stereocenters. The highest BCUT2D eigenvalue weighted by Crippen LogP contribution is 2.28. The van der Waals surface area contributed by atoms with E-state index in [1.165, 1.54) is 10.7 Å². The van der Waals surface area contributed by atoms with E-state index in [0.717, 1.165) is 59.1 Å². The van der Waals surface area contributed by atoms with Gasteiger partial charge < -0.3 is 5.32 Å². The fraction of sp³-hybridized carbons (Fsp3) is 0.216. The molecule has 2 heterocycles. The second-order valence-corrected chi connectivity index (χ2v) is 13.4. The van der Waals surface area contributed by atoms with Crippen molar-refractivity contribution in [1.82, 2.24) is 14.3 Å². The first-order valence-corrected chi connectivity index (χ1v) is 16.8. The van der Waals surface area contributed by atoms with Crippen molar-refractivity contribution in [2.24, 2.45) is 5.92 Å². The van der Waals surface area contributed by atoms with E-state index in [4.69, 9.17) is 0 Å². The minimum absolute atomic E-state index is 0.0530. The molecule has 1 aliphatic rings. The van der Waals surface area contributed by atoms with Crippen molar-refractivity contribution in [2.75, 3.05) is 5.32 Å². The van der Waals surface area contributed by atoms with Gasteiger partial charge in [0.2, 0.25) is 15.9 Å². The van der Waals surface area contributed by atoms with E-state index in [2.05, 4.69) is 15.3 Å². The van der Waals surface area contributed by atoms with E-state index < -0.39 is 10.0 Å². The summed E-state index contributed by atoms with van der Waals surface area (Å²) in [4.78, 5) is 21.5. The van der Waals surface area contributed by atoms with Crippen molar-refractivity contribution in [3.63, 3.8) is 0 Å². The maximum absolute atomic E-state index is 14.0. The number of carbonyl (C=O) groups is 1. The number of aromatic nitrogens is 2. The third-order valence-electron chi connectivity index (χ3n) is 8.32. The number of hydrogen-bond acceptors (Lipinski definition) is 5. The van der Waals surface area contributed by atoms with Gasteiger partial charge >= 0.3 is 0 Å². The van der Waals surface area contributed by atoms with Crippen LogP contribution in [-0.2, 0) is 27.9 Å². The maximum atomic E-state index is 14.0. The summed E-state index contributed by atoms with van der Waals surface area (Å²) < 4.78 is 29.4. The van der Waals surface area contributed by atoms with E-state index in [1.54, 1.807) is 30.7 Å². The summed E-state index contributed by atoms with van der Waals surface area (Å²) >= 11 is 0. The first kappa shape index (κ1) is 30.4.